The number of nitrogens with one attached hydrogen (secondary N) is 1. The van der Waals surface area contributed by atoms with Crippen LogP contribution < -0.4 is 5.32 Å². The molecule has 236 valence electrons. The van der Waals surface area contributed by atoms with E-state index in [1.807, 2.05) is 24.6 Å². The van der Waals surface area contributed by atoms with Crippen molar-refractivity contribution in [2.75, 3.05) is 0 Å². The standard InChI is InChI=1S/C35H27F5N2O3S/c1-19(2)42-18-30(46-27-9-7-24(8-10-27)35(38,39)40)31-28(15-22(16-29(31)42)21-13-25(36)17-26(37)14-21)32(43)41-34(11-12-34)23-5-3-20(4-6-23)33(44)45/h3-10,13-19H,11-12H2,1-2H3,(H,41,43)(H,44,45). The molecule has 4 aromatic carbocycles. The van der Waals surface area contributed by atoms with E-state index in [0.29, 0.717) is 39.1 Å². The van der Waals surface area contributed by atoms with Gasteiger partial charge in [0.15, 0.2) is 0 Å². The highest BCUT2D eigenvalue weighted by atomic mass is 32.2. The SMILES string of the molecule is CC(C)n1cc(Sc2ccc(C(F)(F)F)cc2)c2c(C(=O)NC3(c4ccc(C(=O)O)cc4)CC3)cc(-c3cc(F)cc(F)c3)cc21. The number of hydrogen-bond acceptors (Lipinski definition) is 3. The first kappa shape index (κ1) is 31.3. The number of aromatic carboxylic acids is 1. The van der Waals surface area contributed by atoms with Gasteiger partial charge in [-0.3, -0.25) is 4.79 Å². The summed E-state index contributed by atoms with van der Waals surface area (Å²) in [6, 6.07) is 17.3. The summed E-state index contributed by atoms with van der Waals surface area (Å²) in [4.78, 5) is 26.7. The normalized spacial score (nSPS) is 14.1. The zero-order valence-corrected chi connectivity index (χ0v) is 25.4. The van der Waals surface area contributed by atoms with E-state index >= 15 is 0 Å². The molecule has 1 saturated carbocycles. The van der Waals surface area contributed by atoms with Crippen LogP contribution in [0.15, 0.2) is 94.9 Å². The summed E-state index contributed by atoms with van der Waals surface area (Å²) in [5, 5.41) is 12.9. The molecule has 11 heteroatoms. The van der Waals surface area contributed by atoms with Crippen molar-refractivity contribution in [2.24, 2.45) is 0 Å². The van der Waals surface area contributed by atoms with Crippen molar-refractivity contribution < 1.29 is 36.6 Å². The zero-order valence-electron chi connectivity index (χ0n) is 24.6. The van der Waals surface area contributed by atoms with Gasteiger partial charge in [-0.1, -0.05) is 23.9 Å². The third-order valence-corrected chi connectivity index (χ3v) is 9.13. The van der Waals surface area contributed by atoms with Gasteiger partial charge in [-0.05, 0) is 104 Å². The summed E-state index contributed by atoms with van der Waals surface area (Å²) >= 11 is 1.20. The predicted molar refractivity (Wildman–Crippen MR) is 165 cm³/mol. The van der Waals surface area contributed by atoms with Crippen LogP contribution in [0.25, 0.3) is 22.0 Å². The van der Waals surface area contributed by atoms with Gasteiger partial charge in [0, 0.05) is 33.5 Å². The van der Waals surface area contributed by atoms with E-state index in [1.54, 1.807) is 24.3 Å². The first-order valence-corrected chi connectivity index (χ1v) is 15.2. The van der Waals surface area contributed by atoms with Crippen molar-refractivity contribution in [3.63, 3.8) is 0 Å². The molecule has 0 unspecified atom stereocenters. The first-order valence-electron chi connectivity index (χ1n) is 14.4. The number of rotatable bonds is 8. The molecule has 0 aliphatic heterocycles. The molecule has 1 aliphatic rings. The van der Waals surface area contributed by atoms with Crippen LogP contribution in [0.5, 0.6) is 0 Å². The number of carbonyl (C=O) groups excluding carboxylic acids is 1. The number of carboxylic acids is 1. The lowest BCUT2D eigenvalue weighted by Crippen LogP contribution is -2.35. The lowest BCUT2D eigenvalue weighted by atomic mass is 9.98. The van der Waals surface area contributed by atoms with Crippen LogP contribution in [-0.4, -0.2) is 21.6 Å². The lowest BCUT2D eigenvalue weighted by Gasteiger charge is -2.20. The average Bonchev–Trinajstić information content (AvgIpc) is 3.69. The molecule has 6 rings (SSSR count). The van der Waals surface area contributed by atoms with Gasteiger partial charge in [0.2, 0.25) is 0 Å². The van der Waals surface area contributed by atoms with E-state index in [2.05, 4.69) is 5.32 Å². The molecular formula is C35H27F5N2O3S. The summed E-state index contributed by atoms with van der Waals surface area (Å²) in [6.45, 7) is 3.86. The van der Waals surface area contributed by atoms with Gasteiger partial charge in [-0.2, -0.15) is 13.2 Å². The van der Waals surface area contributed by atoms with Gasteiger partial charge in [0.1, 0.15) is 11.6 Å². The molecule has 0 radical (unpaired) electrons. The summed E-state index contributed by atoms with van der Waals surface area (Å²) < 4.78 is 70.1. The maximum Gasteiger partial charge on any atom is 0.416 e. The molecule has 2 N–H and O–H groups in total. The highest BCUT2D eigenvalue weighted by Crippen LogP contribution is 2.47. The number of carbonyl (C=O) groups is 2. The van der Waals surface area contributed by atoms with Crippen molar-refractivity contribution in [1.29, 1.82) is 0 Å². The van der Waals surface area contributed by atoms with Gasteiger partial charge in [0.05, 0.1) is 27.7 Å². The van der Waals surface area contributed by atoms with E-state index in [1.165, 1.54) is 48.2 Å². The van der Waals surface area contributed by atoms with Crippen LogP contribution in [0, 0.1) is 11.6 Å². The number of benzene rings is 4. The zero-order chi connectivity index (χ0) is 33.0. The van der Waals surface area contributed by atoms with E-state index in [4.69, 9.17) is 0 Å². The smallest absolute Gasteiger partial charge is 0.416 e. The minimum atomic E-state index is -4.48. The molecule has 0 bridgehead atoms. The molecule has 0 spiro atoms. The number of carboxylic acid groups (broad SMARTS) is 1. The molecule has 0 atom stereocenters. The Kier molecular flexibility index (Phi) is 7.92. The van der Waals surface area contributed by atoms with Crippen molar-refractivity contribution in [2.45, 2.75) is 54.2 Å². The van der Waals surface area contributed by atoms with Gasteiger partial charge >= 0.3 is 12.1 Å². The average molecular weight is 651 g/mol. The molecular weight excluding hydrogens is 623 g/mol. The largest absolute Gasteiger partial charge is 0.478 e. The third kappa shape index (κ3) is 6.11. The molecule has 1 fully saturated rings. The fourth-order valence-corrected chi connectivity index (χ4v) is 6.60. The summed E-state index contributed by atoms with van der Waals surface area (Å²) in [6.07, 6.45) is -1.43. The number of halogens is 5. The topological polar surface area (TPSA) is 71.3 Å². The van der Waals surface area contributed by atoms with Gasteiger partial charge in [-0.15, -0.1) is 0 Å². The summed E-state index contributed by atoms with van der Waals surface area (Å²) in [5.41, 5.74) is 0.798. The van der Waals surface area contributed by atoms with Crippen molar-refractivity contribution >= 4 is 34.5 Å². The maximum absolute atomic E-state index is 14.3. The Hall–Kier alpha value is -4.64. The maximum atomic E-state index is 14.3. The number of hydrogen-bond donors (Lipinski definition) is 2. The summed E-state index contributed by atoms with van der Waals surface area (Å²) in [5.74, 6) is -3.08. The minimum absolute atomic E-state index is 0.109. The van der Waals surface area contributed by atoms with E-state index < -0.39 is 40.8 Å². The number of alkyl halides is 3. The van der Waals surface area contributed by atoms with Gasteiger partial charge in [0.25, 0.3) is 5.91 Å². The molecule has 1 aliphatic carbocycles. The molecule has 5 aromatic rings. The minimum Gasteiger partial charge on any atom is -0.478 e. The Morgan fingerprint density at radius 2 is 1.50 bits per heavy atom. The Morgan fingerprint density at radius 3 is 2.04 bits per heavy atom. The molecule has 1 aromatic heterocycles. The lowest BCUT2D eigenvalue weighted by molar-refractivity contribution is -0.137. The monoisotopic (exact) mass is 650 g/mol. The Bertz CT molecular complexity index is 1960. The predicted octanol–water partition coefficient (Wildman–Crippen LogP) is 9.45. The van der Waals surface area contributed by atoms with Crippen LogP contribution in [0.1, 0.15) is 64.6 Å². The fourth-order valence-electron chi connectivity index (χ4n) is 5.59. The van der Waals surface area contributed by atoms with Crippen molar-refractivity contribution in [3.05, 3.63) is 119 Å². The van der Waals surface area contributed by atoms with E-state index in [0.717, 1.165) is 23.8 Å². The number of nitrogens with zero attached hydrogens (tertiary/aromatic N) is 1. The number of amides is 1. The quantitative estimate of drug-likeness (QED) is 0.164. The van der Waals surface area contributed by atoms with Gasteiger partial charge < -0.3 is 15.0 Å². The summed E-state index contributed by atoms with van der Waals surface area (Å²) in [7, 11) is 0. The Labute approximate surface area is 265 Å². The van der Waals surface area contributed by atoms with Crippen LogP contribution in [0.3, 0.4) is 0 Å². The van der Waals surface area contributed by atoms with Crippen LogP contribution in [0.4, 0.5) is 22.0 Å². The third-order valence-electron chi connectivity index (χ3n) is 8.09. The van der Waals surface area contributed by atoms with Crippen LogP contribution in [-0.2, 0) is 11.7 Å². The van der Waals surface area contributed by atoms with Crippen molar-refractivity contribution in [3.8, 4) is 11.1 Å². The molecule has 46 heavy (non-hydrogen) atoms. The van der Waals surface area contributed by atoms with Crippen LogP contribution in [0.2, 0.25) is 0 Å². The molecule has 5 nitrogen and oxygen atoms in total. The Morgan fingerprint density at radius 1 is 0.891 bits per heavy atom. The molecule has 0 saturated heterocycles. The highest BCUT2D eigenvalue weighted by molar-refractivity contribution is 7.99. The van der Waals surface area contributed by atoms with E-state index in [-0.39, 0.29) is 22.7 Å². The van der Waals surface area contributed by atoms with E-state index in [9.17, 15) is 36.6 Å². The second-order valence-electron chi connectivity index (χ2n) is 11.6. The number of fused-ring (bicyclic) bond motifs is 1. The van der Waals surface area contributed by atoms with Crippen molar-refractivity contribution in [1.82, 2.24) is 9.88 Å². The van der Waals surface area contributed by atoms with Gasteiger partial charge in [-0.25, -0.2) is 13.6 Å². The number of aromatic nitrogens is 1. The Balaban J connectivity index is 1.48. The second kappa shape index (κ2) is 11.6. The molecule has 1 heterocycles. The fraction of sp³-hybridized carbons (Fsp3) is 0.200. The second-order valence-corrected chi connectivity index (χ2v) is 12.7. The first-order chi connectivity index (χ1) is 21.7. The van der Waals surface area contributed by atoms with Crippen LogP contribution >= 0.6 is 11.8 Å². The highest BCUT2D eigenvalue weighted by Gasteiger charge is 2.46. The molecule has 1 amide bonds.